The number of benzene rings is 1. The molecule has 8 nitrogen and oxygen atoms in total. The number of thiocarbonyl (C=S) groups is 1. The quantitative estimate of drug-likeness (QED) is 0.106. The molecule has 8 heterocycles. The van der Waals surface area contributed by atoms with Crippen LogP contribution in [0.2, 0.25) is 0 Å². The fourth-order valence-electron chi connectivity index (χ4n) is 7.03. The summed E-state index contributed by atoms with van der Waals surface area (Å²) in [4.78, 5) is 26.8. The number of fused-ring (bicyclic) bond motifs is 8. The molecule has 7 aromatic rings. The van der Waals surface area contributed by atoms with Crippen molar-refractivity contribution >= 4 is 69.4 Å². The lowest BCUT2D eigenvalue weighted by Crippen LogP contribution is -2.25. The predicted octanol–water partition coefficient (Wildman–Crippen LogP) is 9.10. The van der Waals surface area contributed by atoms with E-state index in [1.165, 1.54) is 0 Å². The fraction of sp³-hybridized carbons (Fsp3) is 0.0455. The lowest BCUT2D eigenvalue weighted by molar-refractivity contribution is -0.671. The van der Waals surface area contributed by atoms with Crippen molar-refractivity contribution in [2.75, 3.05) is 0 Å². The first-order chi connectivity index (χ1) is 26.0. The van der Waals surface area contributed by atoms with Crippen LogP contribution in [0.15, 0.2) is 127 Å². The molecule has 0 spiro atoms. The van der Waals surface area contributed by atoms with Crippen molar-refractivity contribution in [3.63, 3.8) is 0 Å². The van der Waals surface area contributed by atoms with E-state index in [1.54, 1.807) is 0 Å². The number of aliphatic imine (C=N–C) groups is 1. The molecule has 2 aliphatic rings. The van der Waals surface area contributed by atoms with Crippen molar-refractivity contribution < 1.29 is 9.13 Å². The normalized spacial score (nSPS) is 11.8. The van der Waals surface area contributed by atoms with Gasteiger partial charge in [0.05, 0.1) is 33.6 Å². The molecule has 9 rings (SSSR count). The molecule has 0 amide bonds. The second-order valence-corrected chi connectivity index (χ2v) is 13.2. The summed E-state index contributed by atoms with van der Waals surface area (Å²) >= 11 is 4.87. The molecule has 0 atom stereocenters. The Labute approximate surface area is 310 Å². The van der Waals surface area contributed by atoms with Gasteiger partial charge in [0.1, 0.15) is 14.1 Å². The van der Waals surface area contributed by atoms with E-state index >= 15 is 0 Å². The van der Waals surface area contributed by atoms with Gasteiger partial charge in [-0.3, -0.25) is 4.98 Å². The van der Waals surface area contributed by atoms with Crippen molar-refractivity contribution in [1.82, 2.24) is 24.9 Å². The number of nitrogens with zero attached hydrogens (tertiary/aromatic N) is 6. The standard InChI is InChI=1S/C44H31N8S/c1-51-23-17-30(18-24-51)43-37-11-8-34(48-37)41(28-3-5-32(6-4-28)46-27-53)33-7-9-35(47-33)42(29-15-21-45-22-16-29)36-10-12-38(49-36)44(40-14-13-39(43)50-40)31-19-25-52(2)26-20-31/h3-26H,1-2H3,(H,47,48,49,50)/q+1/p+1. The first-order valence-electron chi connectivity index (χ1n) is 17.2. The number of isothiocyanates is 1. The first kappa shape index (κ1) is 32.0. The van der Waals surface area contributed by atoms with Crippen LogP contribution in [-0.2, 0) is 14.1 Å². The van der Waals surface area contributed by atoms with Gasteiger partial charge in [0, 0.05) is 81.0 Å². The van der Waals surface area contributed by atoms with Gasteiger partial charge in [-0.1, -0.05) is 12.1 Å². The number of aromatic amines is 2. The monoisotopic (exact) mass is 704 g/mol. The van der Waals surface area contributed by atoms with Crippen LogP contribution in [0, 0.1) is 0 Å². The summed E-state index contributed by atoms with van der Waals surface area (Å²) in [5.74, 6) is 0. The Hall–Kier alpha value is -6.93. The summed E-state index contributed by atoms with van der Waals surface area (Å²) in [5, 5.41) is 2.47. The Morgan fingerprint density at radius 3 is 1.23 bits per heavy atom. The molecule has 0 unspecified atom stereocenters. The van der Waals surface area contributed by atoms with Crippen molar-refractivity contribution in [3.8, 4) is 44.5 Å². The van der Waals surface area contributed by atoms with Gasteiger partial charge in [0.25, 0.3) is 0 Å². The SMILES string of the molecule is C[n+]1ccc(-c2c3nc(c(-c4ccncc4)c4ccc([nH]4)c(-c4ccc(N=C=S)cc4)c4nc(c(-c5cc[n+](C)cc5)c5ccc2[nH]5)C=C4)C=C3)cc1. The van der Waals surface area contributed by atoms with Crippen LogP contribution in [0.3, 0.4) is 0 Å². The fourth-order valence-corrected chi connectivity index (χ4v) is 7.13. The molecule has 252 valence electrons. The lowest BCUT2D eigenvalue weighted by Gasteiger charge is -2.06. The topological polar surface area (TPSA) is 90.4 Å². The minimum absolute atomic E-state index is 0.739. The maximum Gasteiger partial charge on any atom is 0.169 e. The smallest absolute Gasteiger partial charge is 0.169 e. The highest BCUT2D eigenvalue weighted by molar-refractivity contribution is 7.78. The zero-order valence-corrected chi connectivity index (χ0v) is 29.8. The highest BCUT2D eigenvalue weighted by atomic mass is 32.1. The van der Waals surface area contributed by atoms with Crippen LogP contribution < -0.4 is 9.13 Å². The number of aromatic nitrogens is 7. The zero-order chi connectivity index (χ0) is 35.9. The Morgan fingerprint density at radius 2 is 0.849 bits per heavy atom. The maximum atomic E-state index is 5.37. The van der Waals surface area contributed by atoms with Gasteiger partial charge in [-0.25, -0.2) is 19.1 Å². The third kappa shape index (κ3) is 6.00. The van der Waals surface area contributed by atoms with Gasteiger partial charge in [-0.05, 0) is 107 Å². The molecule has 0 saturated carbocycles. The van der Waals surface area contributed by atoms with Gasteiger partial charge < -0.3 is 9.97 Å². The third-order valence-electron chi connectivity index (χ3n) is 9.59. The number of aryl methyl sites for hydroxylation is 2. The van der Waals surface area contributed by atoms with E-state index in [0.717, 1.165) is 95.0 Å². The van der Waals surface area contributed by atoms with Gasteiger partial charge in [0.15, 0.2) is 24.8 Å². The van der Waals surface area contributed by atoms with Crippen molar-refractivity contribution in [3.05, 3.63) is 145 Å². The molecular formula is C44H32N8S+2. The number of hydrogen-bond acceptors (Lipinski definition) is 5. The molecule has 2 N–H and O–H groups in total. The molecule has 2 aliphatic heterocycles. The number of H-pyrrole nitrogens is 2. The minimum Gasteiger partial charge on any atom is -0.354 e. The van der Waals surface area contributed by atoms with Crippen LogP contribution in [-0.4, -0.2) is 30.1 Å². The lowest BCUT2D eigenvalue weighted by atomic mass is 10.0. The van der Waals surface area contributed by atoms with Crippen LogP contribution in [0.25, 0.3) is 90.9 Å². The van der Waals surface area contributed by atoms with Gasteiger partial charge in [-0.15, -0.1) is 0 Å². The summed E-state index contributed by atoms with van der Waals surface area (Å²) in [6, 6.07) is 29.1. The number of rotatable bonds is 5. The Balaban J connectivity index is 1.46. The van der Waals surface area contributed by atoms with Gasteiger partial charge in [0.2, 0.25) is 0 Å². The largest absolute Gasteiger partial charge is 0.354 e. The second-order valence-electron chi connectivity index (χ2n) is 13.0. The second kappa shape index (κ2) is 13.3. The highest BCUT2D eigenvalue weighted by Crippen LogP contribution is 2.38. The van der Waals surface area contributed by atoms with E-state index in [1.807, 2.05) is 72.0 Å². The van der Waals surface area contributed by atoms with E-state index < -0.39 is 0 Å². The van der Waals surface area contributed by atoms with E-state index in [2.05, 4.69) is 123 Å². The van der Waals surface area contributed by atoms with Crippen molar-refractivity contribution in [1.29, 1.82) is 0 Å². The molecule has 0 aliphatic carbocycles. The first-order valence-corrected chi connectivity index (χ1v) is 17.6. The average Bonchev–Trinajstić information content (AvgIpc) is 4.02. The maximum absolute atomic E-state index is 5.37. The summed E-state index contributed by atoms with van der Waals surface area (Å²) in [7, 11) is 4.05. The molecule has 0 fully saturated rings. The number of pyridine rings is 3. The van der Waals surface area contributed by atoms with E-state index in [4.69, 9.17) is 22.2 Å². The van der Waals surface area contributed by atoms with E-state index in [0.29, 0.717) is 0 Å². The van der Waals surface area contributed by atoms with Crippen LogP contribution in [0.1, 0.15) is 22.8 Å². The van der Waals surface area contributed by atoms with Gasteiger partial charge in [-0.2, -0.15) is 4.99 Å². The highest BCUT2D eigenvalue weighted by Gasteiger charge is 2.19. The van der Waals surface area contributed by atoms with E-state index in [9.17, 15) is 0 Å². The summed E-state index contributed by atoms with van der Waals surface area (Å²) in [6.45, 7) is 0. The number of nitrogens with one attached hydrogen (secondary N) is 2. The van der Waals surface area contributed by atoms with Crippen LogP contribution >= 0.6 is 12.2 Å². The molecule has 0 saturated heterocycles. The Morgan fingerprint density at radius 1 is 0.491 bits per heavy atom. The minimum atomic E-state index is 0.739. The molecular weight excluding hydrogens is 673 g/mol. The summed E-state index contributed by atoms with van der Waals surface area (Å²) in [5.41, 5.74) is 15.9. The molecule has 9 heteroatoms. The molecule has 6 aromatic heterocycles. The number of hydrogen-bond donors (Lipinski definition) is 2. The van der Waals surface area contributed by atoms with Crippen molar-refractivity contribution in [2.24, 2.45) is 19.1 Å². The average molecular weight is 705 g/mol. The molecule has 0 radical (unpaired) electrons. The summed E-state index contributed by atoms with van der Waals surface area (Å²) in [6.07, 6.45) is 20.3. The van der Waals surface area contributed by atoms with Crippen molar-refractivity contribution in [2.45, 2.75) is 0 Å². The van der Waals surface area contributed by atoms with Crippen LogP contribution in [0.5, 0.6) is 0 Å². The van der Waals surface area contributed by atoms with Crippen LogP contribution in [0.4, 0.5) is 5.69 Å². The van der Waals surface area contributed by atoms with E-state index in [-0.39, 0.29) is 0 Å². The predicted molar refractivity (Wildman–Crippen MR) is 215 cm³/mol. The zero-order valence-electron chi connectivity index (χ0n) is 28.9. The molecule has 8 bridgehead atoms. The Bertz CT molecular complexity index is 2820. The molecule has 1 aromatic carbocycles. The van der Waals surface area contributed by atoms with Gasteiger partial charge >= 0.3 is 0 Å². The summed E-state index contributed by atoms with van der Waals surface area (Å²) < 4.78 is 4.07. The molecule has 53 heavy (non-hydrogen) atoms. The Kier molecular flexibility index (Phi) is 8.04. The third-order valence-corrected chi connectivity index (χ3v) is 9.68.